The molecule has 2 aromatic rings. The molecule has 1 heteroatoms. The molecule has 0 aliphatic heterocycles. The van der Waals surface area contributed by atoms with Crippen LogP contribution in [0.1, 0.15) is 67.2 Å². The summed E-state index contributed by atoms with van der Waals surface area (Å²) >= 11 is 0. The maximum atomic E-state index is 13.4. The molecule has 0 heterocycles. The molecule has 0 saturated carbocycles. The molecule has 0 bridgehead atoms. The average Bonchev–Trinajstić information content (AvgIpc) is 2.59. The quantitative estimate of drug-likeness (QED) is 0.674. The number of benzene rings is 2. The van der Waals surface area contributed by atoms with Crippen LogP contribution in [0, 0.1) is 0 Å². The molecule has 0 saturated heterocycles. The van der Waals surface area contributed by atoms with E-state index in [2.05, 4.69) is 64.1 Å². The highest BCUT2D eigenvalue weighted by Gasteiger charge is 2.23. The summed E-state index contributed by atoms with van der Waals surface area (Å²) in [6.45, 7) is 8.55. The van der Waals surface area contributed by atoms with E-state index in [1.54, 1.807) is 0 Å². The van der Waals surface area contributed by atoms with Gasteiger partial charge in [0.2, 0.25) is 0 Å². The highest BCUT2D eigenvalue weighted by molar-refractivity contribution is 5.47. The van der Waals surface area contributed by atoms with Crippen LogP contribution < -0.4 is 0 Å². The summed E-state index contributed by atoms with van der Waals surface area (Å²) in [6.07, 6.45) is 2.89. The Morgan fingerprint density at radius 3 is 1.14 bits per heavy atom. The van der Waals surface area contributed by atoms with Gasteiger partial charge >= 0.3 is 0 Å². The summed E-state index contributed by atoms with van der Waals surface area (Å²) in [4.78, 5) is 0. The summed E-state index contributed by atoms with van der Waals surface area (Å²) in [5.74, 6) is 0. The van der Waals surface area contributed by atoms with Gasteiger partial charge in [-0.15, -0.1) is 0 Å². The van der Waals surface area contributed by atoms with Gasteiger partial charge in [-0.2, -0.15) is 0 Å². The van der Waals surface area contributed by atoms with Crippen LogP contribution in [0.25, 0.3) is 0 Å². The Morgan fingerprint density at radius 1 is 0.636 bits per heavy atom. The van der Waals surface area contributed by atoms with Crippen molar-refractivity contribution in [3.8, 4) is 0 Å². The van der Waals surface area contributed by atoms with E-state index >= 15 is 0 Å². The first-order valence-electron chi connectivity index (χ1n) is 8.54. The maximum Gasteiger partial charge on any atom is 0.144 e. The molecule has 0 amide bonds. The summed E-state index contributed by atoms with van der Waals surface area (Å²) in [5.41, 5.74) is 6.84. The SMILES string of the molecule is CCc1cccc(CC)c1C([O])c1c(CC)cccc1CC. The van der Waals surface area contributed by atoms with Gasteiger partial charge in [-0.3, -0.25) is 0 Å². The van der Waals surface area contributed by atoms with Crippen LogP contribution in [0.4, 0.5) is 0 Å². The second-order valence-electron chi connectivity index (χ2n) is 5.77. The minimum Gasteiger partial charge on any atom is -0.223 e. The number of hydrogen-bond donors (Lipinski definition) is 0. The van der Waals surface area contributed by atoms with Crippen molar-refractivity contribution >= 4 is 0 Å². The topological polar surface area (TPSA) is 19.9 Å². The Balaban J connectivity index is 2.65. The highest BCUT2D eigenvalue weighted by atomic mass is 16.3. The first-order chi connectivity index (χ1) is 10.7. The van der Waals surface area contributed by atoms with Crippen molar-refractivity contribution in [3.63, 3.8) is 0 Å². The number of rotatable bonds is 6. The molecule has 0 atom stereocenters. The van der Waals surface area contributed by atoms with Crippen LogP contribution in [0.3, 0.4) is 0 Å². The van der Waals surface area contributed by atoms with Crippen molar-refractivity contribution in [2.75, 3.05) is 0 Å². The highest BCUT2D eigenvalue weighted by Crippen LogP contribution is 2.34. The fraction of sp³-hybridized carbons (Fsp3) is 0.429. The van der Waals surface area contributed by atoms with Gasteiger partial charge in [0, 0.05) is 0 Å². The van der Waals surface area contributed by atoms with Crippen LogP contribution in [0.15, 0.2) is 36.4 Å². The standard InChI is InChI=1S/C21H27O/c1-5-15-11-9-12-16(6-2)19(15)21(22)20-17(7-3)13-10-14-18(20)8-4/h9-14,21H,5-8H2,1-4H3. The van der Waals surface area contributed by atoms with E-state index in [0.717, 1.165) is 36.8 Å². The van der Waals surface area contributed by atoms with Crippen molar-refractivity contribution < 1.29 is 5.11 Å². The van der Waals surface area contributed by atoms with Gasteiger partial charge in [-0.1, -0.05) is 64.1 Å². The zero-order valence-corrected chi connectivity index (χ0v) is 14.3. The molecule has 0 aliphatic carbocycles. The normalized spacial score (nSPS) is 11.2. The molecule has 2 rings (SSSR count). The third-order valence-corrected chi connectivity index (χ3v) is 4.62. The Bertz CT molecular complexity index is 528. The van der Waals surface area contributed by atoms with Gasteiger partial charge in [0.05, 0.1) is 0 Å². The molecule has 2 aromatic carbocycles. The van der Waals surface area contributed by atoms with Crippen LogP contribution >= 0.6 is 0 Å². The maximum absolute atomic E-state index is 13.4. The molecule has 0 N–H and O–H groups in total. The molecule has 1 nitrogen and oxygen atoms in total. The van der Waals surface area contributed by atoms with Gasteiger partial charge in [0.1, 0.15) is 6.10 Å². The minimum absolute atomic E-state index is 0.766. The van der Waals surface area contributed by atoms with Crippen molar-refractivity contribution in [2.45, 2.75) is 59.5 Å². The molecule has 1 radical (unpaired) electrons. The first kappa shape index (κ1) is 16.8. The van der Waals surface area contributed by atoms with Gasteiger partial charge in [-0.25, -0.2) is 5.11 Å². The molecule has 0 unspecified atom stereocenters. The molecular formula is C21H27O. The second kappa shape index (κ2) is 7.60. The van der Waals surface area contributed by atoms with Crippen molar-refractivity contribution in [1.82, 2.24) is 0 Å². The predicted octanol–water partition coefficient (Wildman–Crippen LogP) is 5.46. The lowest BCUT2D eigenvalue weighted by Crippen LogP contribution is -2.11. The number of hydrogen-bond acceptors (Lipinski definition) is 0. The Hall–Kier alpha value is -1.60. The summed E-state index contributed by atoms with van der Waals surface area (Å²) in [5, 5.41) is 13.4. The van der Waals surface area contributed by atoms with Gasteiger partial charge in [-0.05, 0) is 59.1 Å². The van der Waals surface area contributed by atoms with E-state index in [0.29, 0.717) is 0 Å². The molecular weight excluding hydrogens is 268 g/mol. The van der Waals surface area contributed by atoms with Crippen molar-refractivity contribution in [3.05, 3.63) is 69.8 Å². The third-order valence-electron chi connectivity index (χ3n) is 4.62. The summed E-state index contributed by atoms with van der Waals surface area (Å²) in [6, 6.07) is 12.6. The largest absolute Gasteiger partial charge is 0.223 e. The minimum atomic E-state index is -0.766. The van der Waals surface area contributed by atoms with Crippen LogP contribution in [0.5, 0.6) is 0 Å². The van der Waals surface area contributed by atoms with E-state index in [1.807, 2.05) is 0 Å². The van der Waals surface area contributed by atoms with E-state index in [4.69, 9.17) is 0 Å². The molecule has 22 heavy (non-hydrogen) atoms. The summed E-state index contributed by atoms with van der Waals surface area (Å²) < 4.78 is 0. The fourth-order valence-corrected chi connectivity index (χ4v) is 3.38. The lowest BCUT2D eigenvalue weighted by atomic mass is 9.85. The molecule has 0 aromatic heterocycles. The van der Waals surface area contributed by atoms with Crippen molar-refractivity contribution in [2.24, 2.45) is 0 Å². The Kier molecular flexibility index (Phi) is 5.79. The second-order valence-corrected chi connectivity index (χ2v) is 5.77. The average molecular weight is 295 g/mol. The Labute approximate surface area is 135 Å². The van der Waals surface area contributed by atoms with E-state index in [9.17, 15) is 5.11 Å². The molecule has 117 valence electrons. The third kappa shape index (κ3) is 3.10. The van der Waals surface area contributed by atoms with Crippen LogP contribution in [-0.4, -0.2) is 0 Å². The molecule has 0 aliphatic rings. The van der Waals surface area contributed by atoms with E-state index in [-0.39, 0.29) is 0 Å². The smallest absolute Gasteiger partial charge is 0.144 e. The molecule has 0 fully saturated rings. The van der Waals surface area contributed by atoms with Gasteiger partial charge < -0.3 is 0 Å². The zero-order chi connectivity index (χ0) is 16.1. The lowest BCUT2D eigenvalue weighted by Gasteiger charge is -2.22. The number of aryl methyl sites for hydroxylation is 4. The summed E-state index contributed by atoms with van der Waals surface area (Å²) in [7, 11) is 0. The van der Waals surface area contributed by atoms with Crippen LogP contribution in [0.2, 0.25) is 0 Å². The van der Waals surface area contributed by atoms with Gasteiger partial charge in [0.15, 0.2) is 0 Å². The zero-order valence-electron chi connectivity index (χ0n) is 14.3. The lowest BCUT2D eigenvalue weighted by molar-refractivity contribution is 0.121. The Morgan fingerprint density at radius 2 is 0.909 bits per heavy atom. The van der Waals surface area contributed by atoms with E-state index in [1.165, 1.54) is 22.3 Å². The van der Waals surface area contributed by atoms with E-state index < -0.39 is 6.10 Å². The van der Waals surface area contributed by atoms with Gasteiger partial charge in [0.25, 0.3) is 0 Å². The van der Waals surface area contributed by atoms with Crippen LogP contribution in [-0.2, 0) is 30.8 Å². The fourth-order valence-electron chi connectivity index (χ4n) is 3.38. The molecule has 0 spiro atoms. The monoisotopic (exact) mass is 295 g/mol. The predicted molar refractivity (Wildman–Crippen MR) is 92.9 cm³/mol. The first-order valence-corrected chi connectivity index (χ1v) is 8.54. The van der Waals surface area contributed by atoms with Crippen molar-refractivity contribution in [1.29, 1.82) is 0 Å².